The second kappa shape index (κ2) is 9.26. The van der Waals surface area contributed by atoms with Crippen molar-refractivity contribution in [2.75, 3.05) is 39.9 Å². The van der Waals surface area contributed by atoms with Crippen LogP contribution < -0.4 is 9.47 Å². The zero-order valence-corrected chi connectivity index (χ0v) is 16.8. The summed E-state index contributed by atoms with van der Waals surface area (Å²) in [5, 5.41) is 0.431. The molecule has 0 aromatic heterocycles. The number of methoxy groups -OCH3 is 1. The maximum absolute atomic E-state index is 14.0. The van der Waals surface area contributed by atoms with Crippen LogP contribution in [0.15, 0.2) is 36.4 Å². The molecule has 2 aromatic rings. The van der Waals surface area contributed by atoms with Crippen molar-refractivity contribution in [3.8, 4) is 11.5 Å². The van der Waals surface area contributed by atoms with Gasteiger partial charge >= 0.3 is 0 Å². The van der Waals surface area contributed by atoms with Crippen molar-refractivity contribution in [2.45, 2.75) is 13.5 Å². The minimum Gasteiger partial charge on any atom is -0.493 e. The molecule has 1 fully saturated rings. The average molecular weight is 407 g/mol. The molecule has 0 N–H and O–H groups in total. The Morgan fingerprint density at radius 3 is 2.54 bits per heavy atom. The molecule has 0 saturated carbocycles. The Hall–Kier alpha value is -2.31. The summed E-state index contributed by atoms with van der Waals surface area (Å²) >= 11 is 6.12. The van der Waals surface area contributed by atoms with Gasteiger partial charge in [0.05, 0.1) is 13.7 Å². The Labute approximate surface area is 169 Å². The summed E-state index contributed by atoms with van der Waals surface area (Å²) in [7, 11) is 1.55. The first kappa shape index (κ1) is 20.4. The summed E-state index contributed by atoms with van der Waals surface area (Å²) < 4.78 is 24.8. The van der Waals surface area contributed by atoms with E-state index in [1.165, 1.54) is 6.07 Å². The van der Waals surface area contributed by atoms with Crippen LogP contribution in [0.1, 0.15) is 22.8 Å². The van der Waals surface area contributed by atoms with Crippen LogP contribution in [0.2, 0.25) is 5.02 Å². The standard InChI is InChI=1S/C21H24ClFN2O3/c1-3-28-19-8-7-15(13-20(19)27-2)21(26)25-11-9-24(10-12-25)14-16-17(22)5-4-6-18(16)23/h4-8,13H,3,9-12,14H2,1-2H3. The fraction of sp³-hybridized carbons (Fsp3) is 0.381. The zero-order chi connectivity index (χ0) is 20.1. The number of carbonyl (C=O) groups is 1. The fourth-order valence-electron chi connectivity index (χ4n) is 3.27. The molecule has 3 rings (SSSR count). The number of amides is 1. The van der Waals surface area contributed by atoms with Crippen LogP contribution in [-0.2, 0) is 6.54 Å². The largest absolute Gasteiger partial charge is 0.493 e. The number of piperazine rings is 1. The van der Waals surface area contributed by atoms with Crippen molar-refractivity contribution in [1.29, 1.82) is 0 Å². The van der Waals surface area contributed by atoms with Crippen LogP contribution in [0.4, 0.5) is 4.39 Å². The predicted molar refractivity (Wildman–Crippen MR) is 107 cm³/mol. The van der Waals surface area contributed by atoms with E-state index in [0.717, 1.165) is 0 Å². The normalized spacial score (nSPS) is 14.8. The number of rotatable bonds is 6. The third-order valence-electron chi connectivity index (χ3n) is 4.81. The predicted octanol–water partition coefficient (Wildman–Crippen LogP) is 3.84. The molecule has 0 bridgehead atoms. The van der Waals surface area contributed by atoms with Crippen molar-refractivity contribution >= 4 is 17.5 Å². The minimum atomic E-state index is -0.299. The molecular formula is C21H24ClFN2O3. The highest BCUT2D eigenvalue weighted by Crippen LogP contribution is 2.29. The molecule has 28 heavy (non-hydrogen) atoms. The van der Waals surface area contributed by atoms with Crippen molar-refractivity contribution in [1.82, 2.24) is 9.80 Å². The number of ether oxygens (including phenoxy) is 2. The summed E-state index contributed by atoms with van der Waals surface area (Å²) in [6, 6.07) is 9.92. The van der Waals surface area contributed by atoms with Gasteiger partial charge < -0.3 is 14.4 Å². The van der Waals surface area contributed by atoms with Crippen LogP contribution in [0.3, 0.4) is 0 Å². The maximum Gasteiger partial charge on any atom is 0.254 e. The maximum atomic E-state index is 14.0. The molecule has 150 valence electrons. The number of hydrogen-bond acceptors (Lipinski definition) is 4. The minimum absolute atomic E-state index is 0.0510. The van der Waals surface area contributed by atoms with E-state index in [4.69, 9.17) is 21.1 Å². The van der Waals surface area contributed by atoms with Gasteiger partial charge in [-0.2, -0.15) is 0 Å². The zero-order valence-electron chi connectivity index (χ0n) is 16.1. The fourth-order valence-corrected chi connectivity index (χ4v) is 3.50. The lowest BCUT2D eigenvalue weighted by atomic mass is 10.1. The van der Waals surface area contributed by atoms with Gasteiger partial charge in [0, 0.05) is 48.9 Å². The van der Waals surface area contributed by atoms with Crippen molar-refractivity contribution in [3.63, 3.8) is 0 Å². The lowest BCUT2D eigenvalue weighted by Crippen LogP contribution is -2.48. The first-order valence-electron chi connectivity index (χ1n) is 9.28. The summed E-state index contributed by atoms with van der Waals surface area (Å²) in [6.45, 7) is 5.31. The van der Waals surface area contributed by atoms with E-state index in [1.807, 2.05) is 6.92 Å². The third kappa shape index (κ3) is 4.56. The van der Waals surface area contributed by atoms with E-state index >= 15 is 0 Å². The molecule has 2 aromatic carbocycles. The van der Waals surface area contributed by atoms with Gasteiger partial charge in [0.15, 0.2) is 11.5 Å². The second-order valence-electron chi connectivity index (χ2n) is 6.57. The highest BCUT2D eigenvalue weighted by atomic mass is 35.5. The molecule has 5 nitrogen and oxygen atoms in total. The van der Waals surface area contributed by atoms with E-state index < -0.39 is 0 Å². The van der Waals surface area contributed by atoms with E-state index in [2.05, 4.69) is 4.90 Å². The number of nitrogens with zero attached hydrogens (tertiary/aromatic N) is 2. The molecule has 0 spiro atoms. The van der Waals surface area contributed by atoms with Gasteiger partial charge in [-0.3, -0.25) is 9.69 Å². The lowest BCUT2D eigenvalue weighted by Gasteiger charge is -2.35. The Bertz CT molecular complexity index is 818. The Kier molecular flexibility index (Phi) is 6.75. The number of carbonyl (C=O) groups excluding carboxylic acids is 1. The molecular weight excluding hydrogens is 383 g/mol. The van der Waals surface area contributed by atoms with Crippen LogP contribution in [0.5, 0.6) is 11.5 Å². The van der Waals surface area contributed by atoms with Gasteiger partial charge in [0.25, 0.3) is 5.91 Å². The number of benzene rings is 2. The van der Waals surface area contributed by atoms with Crippen LogP contribution in [0.25, 0.3) is 0 Å². The van der Waals surface area contributed by atoms with Gasteiger partial charge in [-0.25, -0.2) is 4.39 Å². The first-order chi connectivity index (χ1) is 13.5. The quantitative estimate of drug-likeness (QED) is 0.730. The molecule has 1 aliphatic heterocycles. The van der Waals surface area contributed by atoms with Gasteiger partial charge in [0.2, 0.25) is 0 Å². The lowest BCUT2D eigenvalue weighted by molar-refractivity contribution is 0.0626. The van der Waals surface area contributed by atoms with Crippen molar-refractivity contribution in [2.24, 2.45) is 0 Å². The number of hydrogen-bond donors (Lipinski definition) is 0. The molecule has 0 radical (unpaired) electrons. The Morgan fingerprint density at radius 1 is 1.14 bits per heavy atom. The van der Waals surface area contributed by atoms with Crippen molar-refractivity contribution in [3.05, 3.63) is 58.4 Å². The molecule has 1 aliphatic rings. The highest BCUT2D eigenvalue weighted by Gasteiger charge is 2.24. The molecule has 0 aliphatic carbocycles. The third-order valence-corrected chi connectivity index (χ3v) is 5.17. The van der Waals surface area contributed by atoms with Gasteiger partial charge in [-0.15, -0.1) is 0 Å². The summed E-state index contributed by atoms with van der Waals surface area (Å²) in [4.78, 5) is 16.7. The van der Waals surface area contributed by atoms with Crippen LogP contribution >= 0.6 is 11.6 Å². The second-order valence-corrected chi connectivity index (χ2v) is 6.97. The summed E-state index contributed by atoms with van der Waals surface area (Å²) in [5.74, 6) is 0.811. The first-order valence-corrected chi connectivity index (χ1v) is 9.66. The van der Waals surface area contributed by atoms with Gasteiger partial charge in [0.1, 0.15) is 5.82 Å². The van der Waals surface area contributed by atoms with E-state index in [9.17, 15) is 9.18 Å². The molecule has 1 saturated heterocycles. The van der Waals surface area contributed by atoms with Crippen LogP contribution in [-0.4, -0.2) is 55.6 Å². The monoisotopic (exact) mass is 406 g/mol. The molecule has 0 atom stereocenters. The molecule has 1 heterocycles. The molecule has 1 amide bonds. The van der Waals surface area contributed by atoms with Gasteiger partial charge in [-0.1, -0.05) is 17.7 Å². The van der Waals surface area contributed by atoms with Crippen LogP contribution in [0, 0.1) is 5.82 Å². The molecule has 0 unspecified atom stereocenters. The smallest absolute Gasteiger partial charge is 0.254 e. The van der Waals surface area contributed by atoms with E-state index in [0.29, 0.717) is 67.0 Å². The number of halogens is 2. The van der Waals surface area contributed by atoms with Crippen molar-refractivity contribution < 1.29 is 18.7 Å². The summed E-state index contributed by atoms with van der Waals surface area (Å²) in [6.07, 6.45) is 0. The summed E-state index contributed by atoms with van der Waals surface area (Å²) in [5.41, 5.74) is 1.06. The molecule has 7 heteroatoms. The Balaban J connectivity index is 1.62. The average Bonchev–Trinajstić information content (AvgIpc) is 2.71. The van der Waals surface area contributed by atoms with E-state index in [-0.39, 0.29) is 11.7 Å². The van der Waals surface area contributed by atoms with Gasteiger partial charge in [-0.05, 0) is 37.3 Å². The highest BCUT2D eigenvalue weighted by molar-refractivity contribution is 6.31. The topological polar surface area (TPSA) is 42.0 Å². The Morgan fingerprint density at radius 2 is 1.89 bits per heavy atom. The SMILES string of the molecule is CCOc1ccc(C(=O)N2CCN(Cc3c(F)cccc3Cl)CC2)cc1OC. The van der Waals surface area contributed by atoms with E-state index in [1.54, 1.807) is 42.3 Å².